The van der Waals surface area contributed by atoms with Crippen molar-refractivity contribution in [1.29, 1.82) is 0 Å². The molecule has 2 aromatic rings. The zero-order valence-electron chi connectivity index (χ0n) is 20.5. The van der Waals surface area contributed by atoms with Gasteiger partial charge in [-0.05, 0) is 57.1 Å². The Balaban J connectivity index is 1.28. The molecule has 1 aromatic heterocycles. The van der Waals surface area contributed by atoms with Crippen LogP contribution in [0.3, 0.4) is 0 Å². The number of amides is 2. The third-order valence-corrected chi connectivity index (χ3v) is 7.54. The summed E-state index contributed by atoms with van der Waals surface area (Å²) in [5, 5.41) is 3.73. The molecule has 1 aromatic carbocycles. The number of hydrogen-bond donors (Lipinski definition) is 1. The maximum Gasteiger partial charge on any atom is 0.254 e. The molecule has 8 nitrogen and oxygen atoms in total. The highest BCUT2D eigenvalue weighted by Crippen LogP contribution is 2.24. The summed E-state index contributed by atoms with van der Waals surface area (Å²) >= 11 is 7.53. The summed E-state index contributed by atoms with van der Waals surface area (Å²) in [4.78, 5) is 40.3. The number of anilines is 1. The Morgan fingerprint density at radius 2 is 1.86 bits per heavy atom. The van der Waals surface area contributed by atoms with Crippen LogP contribution in [0.25, 0.3) is 0 Å². The quantitative estimate of drug-likeness (QED) is 0.316. The first-order valence-electron chi connectivity index (χ1n) is 12.4. The second kappa shape index (κ2) is 12.7. The minimum atomic E-state index is -0.367. The molecule has 2 aliphatic heterocycles. The van der Waals surface area contributed by atoms with Gasteiger partial charge in [-0.25, -0.2) is 14.4 Å². The molecular formula is C25H32ClFN6O2S. The van der Waals surface area contributed by atoms with Gasteiger partial charge in [0, 0.05) is 50.4 Å². The van der Waals surface area contributed by atoms with Gasteiger partial charge in [-0.1, -0.05) is 29.8 Å². The fourth-order valence-corrected chi connectivity index (χ4v) is 5.47. The molecule has 11 heteroatoms. The summed E-state index contributed by atoms with van der Waals surface area (Å²) in [7, 11) is 0. The van der Waals surface area contributed by atoms with E-state index in [0.717, 1.165) is 19.6 Å². The highest BCUT2D eigenvalue weighted by molar-refractivity contribution is 7.99. The monoisotopic (exact) mass is 534 g/mol. The van der Waals surface area contributed by atoms with E-state index in [9.17, 15) is 14.0 Å². The number of hydrogen-bond acceptors (Lipinski definition) is 7. The number of aromatic nitrogens is 2. The largest absolute Gasteiger partial charge is 0.354 e. The van der Waals surface area contributed by atoms with E-state index in [0.29, 0.717) is 47.9 Å². The number of halogens is 2. The number of rotatable bonds is 8. The highest BCUT2D eigenvalue weighted by atomic mass is 35.5. The van der Waals surface area contributed by atoms with Gasteiger partial charge in [0.15, 0.2) is 5.16 Å². The van der Waals surface area contributed by atoms with Gasteiger partial charge in [-0.3, -0.25) is 9.59 Å². The molecule has 0 radical (unpaired) electrons. The second-order valence-electron chi connectivity index (χ2n) is 9.17. The first-order chi connectivity index (χ1) is 17.4. The second-order valence-corrected chi connectivity index (χ2v) is 10.5. The molecule has 1 atom stereocenters. The van der Waals surface area contributed by atoms with Crippen LogP contribution in [0.1, 0.15) is 36.5 Å². The predicted octanol–water partition coefficient (Wildman–Crippen LogP) is 3.31. The van der Waals surface area contributed by atoms with Gasteiger partial charge in [0.25, 0.3) is 5.91 Å². The van der Waals surface area contributed by atoms with Crippen LogP contribution in [0.2, 0.25) is 5.15 Å². The molecule has 1 unspecified atom stereocenters. The van der Waals surface area contributed by atoms with Crippen molar-refractivity contribution in [2.45, 2.75) is 37.4 Å². The van der Waals surface area contributed by atoms with Crippen molar-refractivity contribution < 1.29 is 14.0 Å². The van der Waals surface area contributed by atoms with Gasteiger partial charge in [-0.15, -0.1) is 0 Å². The molecule has 2 amide bonds. The molecule has 0 saturated carbocycles. The number of nitrogens with one attached hydrogen (secondary N) is 1. The van der Waals surface area contributed by atoms with Gasteiger partial charge in [0.2, 0.25) is 5.91 Å². The average molecular weight is 535 g/mol. The summed E-state index contributed by atoms with van der Waals surface area (Å²) in [6, 6.07) is 7.24. The minimum absolute atomic E-state index is 0.0522. The number of likely N-dealkylation sites (tertiary alicyclic amines) is 1. The summed E-state index contributed by atoms with van der Waals surface area (Å²) in [6.07, 6.45) is 3.76. The minimum Gasteiger partial charge on any atom is -0.354 e. The van der Waals surface area contributed by atoms with E-state index >= 15 is 0 Å². The summed E-state index contributed by atoms with van der Waals surface area (Å²) in [5.41, 5.74) is 0.467. The van der Waals surface area contributed by atoms with E-state index in [-0.39, 0.29) is 29.4 Å². The molecule has 3 heterocycles. The molecule has 1 N–H and O–H groups in total. The number of nitrogens with zero attached hydrogens (tertiary/aromatic N) is 5. The molecular weight excluding hydrogens is 503 g/mol. The van der Waals surface area contributed by atoms with Crippen LogP contribution in [-0.2, 0) is 4.79 Å². The van der Waals surface area contributed by atoms with Crippen molar-refractivity contribution in [3.8, 4) is 0 Å². The maximum atomic E-state index is 13.2. The van der Waals surface area contributed by atoms with Crippen LogP contribution in [0, 0.1) is 5.82 Å². The summed E-state index contributed by atoms with van der Waals surface area (Å²) < 4.78 is 13.2. The average Bonchev–Trinajstić information content (AvgIpc) is 2.88. The van der Waals surface area contributed by atoms with Crippen molar-refractivity contribution >= 4 is 41.0 Å². The number of piperazine rings is 1. The predicted molar refractivity (Wildman–Crippen MR) is 140 cm³/mol. The zero-order chi connectivity index (χ0) is 25.5. The van der Waals surface area contributed by atoms with Crippen LogP contribution in [0.15, 0.2) is 35.5 Å². The number of benzene rings is 1. The fourth-order valence-electron chi connectivity index (χ4n) is 4.56. The van der Waals surface area contributed by atoms with E-state index in [2.05, 4.69) is 25.1 Å². The molecule has 0 aliphatic carbocycles. The Labute approximate surface area is 220 Å². The Morgan fingerprint density at radius 3 is 2.58 bits per heavy atom. The van der Waals surface area contributed by atoms with Gasteiger partial charge in [0.05, 0.1) is 5.75 Å². The summed E-state index contributed by atoms with van der Waals surface area (Å²) in [6.45, 7) is 7.35. The Bertz CT molecular complexity index is 1050. The third-order valence-electron chi connectivity index (χ3n) is 6.50. The number of piperidine rings is 1. The number of carbonyl (C=O) groups is 2. The molecule has 2 saturated heterocycles. The van der Waals surface area contributed by atoms with Gasteiger partial charge in [-0.2, -0.15) is 0 Å². The van der Waals surface area contributed by atoms with Crippen LogP contribution in [0.5, 0.6) is 0 Å². The molecule has 2 aliphatic rings. The van der Waals surface area contributed by atoms with Crippen molar-refractivity contribution in [3.05, 3.63) is 46.9 Å². The van der Waals surface area contributed by atoms with Crippen LogP contribution >= 0.6 is 23.4 Å². The smallest absolute Gasteiger partial charge is 0.254 e. The lowest BCUT2D eigenvalue weighted by Gasteiger charge is -2.40. The molecule has 4 rings (SSSR count). The maximum absolute atomic E-state index is 13.2. The number of thioether (sulfide) groups is 1. The number of carbonyl (C=O) groups excluding carboxylic acids is 2. The first kappa shape index (κ1) is 26.6. The Morgan fingerprint density at radius 1 is 1.11 bits per heavy atom. The summed E-state index contributed by atoms with van der Waals surface area (Å²) in [5.74, 6) is 0.349. The normalized spacial score (nSPS) is 18.8. The molecule has 0 bridgehead atoms. The van der Waals surface area contributed by atoms with Gasteiger partial charge in [0.1, 0.15) is 16.8 Å². The van der Waals surface area contributed by atoms with Crippen molar-refractivity contribution in [2.24, 2.45) is 0 Å². The van der Waals surface area contributed by atoms with E-state index in [4.69, 9.17) is 11.6 Å². The lowest BCUT2D eigenvalue weighted by Crippen LogP contribution is -2.54. The van der Waals surface area contributed by atoms with Gasteiger partial charge >= 0.3 is 0 Å². The van der Waals surface area contributed by atoms with Crippen molar-refractivity contribution in [3.63, 3.8) is 0 Å². The van der Waals surface area contributed by atoms with Crippen molar-refractivity contribution in [1.82, 2.24) is 25.1 Å². The topological polar surface area (TPSA) is 81.7 Å². The SMILES string of the molecule is CC1CN(c2cc(Cl)nc(SCC(=O)NCCN3CCCCC3)n2)CCN1C(=O)c1ccc(F)cc1. The standard InChI is InChI=1S/C25H32ClFN6O2S/c1-18-16-32(13-14-33(18)24(35)19-5-7-20(27)8-6-19)22-15-21(26)29-25(30-22)36-17-23(34)28-9-12-31-10-3-2-4-11-31/h5-8,15,18H,2-4,9-14,16-17H2,1H3,(H,28,34). The Kier molecular flexibility index (Phi) is 9.39. The van der Waals surface area contributed by atoms with Crippen molar-refractivity contribution in [2.75, 3.05) is 56.5 Å². The molecule has 194 valence electrons. The fraction of sp³-hybridized carbons (Fsp3) is 0.520. The van der Waals surface area contributed by atoms with E-state index in [1.165, 1.54) is 55.3 Å². The van der Waals surface area contributed by atoms with E-state index < -0.39 is 0 Å². The molecule has 0 spiro atoms. The van der Waals surface area contributed by atoms with Crippen LogP contribution < -0.4 is 10.2 Å². The molecule has 2 fully saturated rings. The lowest BCUT2D eigenvalue weighted by atomic mass is 10.1. The van der Waals surface area contributed by atoms with Gasteiger partial charge < -0.3 is 20.0 Å². The van der Waals surface area contributed by atoms with Crippen LogP contribution in [0.4, 0.5) is 10.2 Å². The highest BCUT2D eigenvalue weighted by Gasteiger charge is 2.29. The Hall–Kier alpha value is -2.43. The zero-order valence-corrected chi connectivity index (χ0v) is 22.0. The van der Waals surface area contributed by atoms with E-state index in [1.807, 2.05) is 6.92 Å². The van der Waals surface area contributed by atoms with Crippen LogP contribution in [-0.4, -0.2) is 89.2 Å². The third kappa shape index (κ3) is 7.30. The molecule has 36 heavy (non-hydrogen) atoms. The first-order valence-corrected chi connectivity index (χ1v) is 13.7. The lowest BCUT2D eigenvalue weighted by molar-refractivity contribution is -0.118. The van der Waals surface area contributed by atoms with E-state index in [1.54, 1.807) is 11.0 Å².